The molecule has 19 heavy (non-hydrogen) atoms. The molecule has 0 saturated carbocycles. The average Bonchev–Trinajstić information content (AvgIpc) is 2.25. The first-order chi connectivity index (χ1) is 8.31. The van der Waals surface area contributed by atoms with E-state index in [1.807, 2.05) is 0 Å². The van der Waals surface area contributed by atoms with Crippen LogP contribution in [0.4, 0.5) is 8.78 Å². The van der Waals surface area contributed by atoms with Gasteiger partial charge in [0, 0.05) is 6.42 Å². The Balaban J connectivity index is 0. The average molecular weight is 324 g/mol. The van der Waals surface area contributed by atoms with Crippen molar-refractivity contribution in [2.75, 3.05) is 0 Å². The van der Waals surface area contributed by atoms with E-state index < -0.39 is 21.8 Å². The molecule has 0 aromatic carbocycles. The van der Waals surface area contributed by atoms with Crippen molar-refractivity contribution in [3.63, 3.8) is 0 Å². The third-order valence-electron chi connectivity index (χ3n) is 2.94. The fraction of sp³-hybridized carbons (Fsp3) is 1.00. The van der Waals surface area contributed by atoms with Crippen LogP contribution in [-0.4, -0.2) is 18.2 Å². The summed E-state index contributed by atoms with van der Waals surface area (Å²) in [5.41, 5.74) is 0. The summed E-state index contributed by atoms with van der Waals surface area (Å²) >= 11 is 0. The molecule has 0 N–H and O–H groups in total. The molecular weight excluding hydrogens is 301 g/mol. The molecule has 0 radical (unpaired) electrons. The Labute approximate surface area is 158 Å². The summed E-state index contributed by atoms with van der Waals surface area (Å²) in [6, 6.07) is 0. The van der Waals surface area contributed by atoms with Gasteiger partial charge in [-0.3, -0.25) is 0 Å². The van der Waals surface area contributed by atoms with Crippen LogP contribution < -0.4 is 51.4 Å². The minimum absolute atomic E-state index is 0. The fourth-order valence-electron chi connectivity index (χ4n) is 1.77. The van der Waals surface area contributed by atoms with Crippen molar-refractivity contribution in [1.82, 2.24) is 0 Å². The monoisotopic (exact) mass is 324 g/mol. The zero-order chi connectivity index (χ0) is 14.1. The van der Waals surface area contributed by atoms with Gasteiger partial charge >= 0.3 is 56.6 Å². The number of rotatable bonds is 11. The van der Waals surface area contributed by atoms with E-state index in [0.717, 1.165) is 19.3 Å². The standard InChI is InChI=1S/C12H24F2O3S.K/c1-2-3-4-5-6-7-8-9-10-11-12(13,14)18(15,16)17;/h2-11H2,1H3,(H,15,16,17);/q;+1/p-1. The molecule has 0 fully saturated rings. The fourth-order valence-corrected chi connectivity index (χ4v) is 2.16. The first kappa shape index (κ1) is 22.7. The van der Waals surface area contributed by atoms with Crippen molar-refractivity contribution in [2.45, 2.75) is 76.4 Å². The molecule has 0 spiro atoms. The summed E-state index contributed by atoms with van der Waals surface area (Å²) in [5.74, 6) is 0. The van der Waals surface area contributed by atoms with Crippen LogP contribution in [0, 0.1) is 0 Å². The smallest absolute Gasteiger partial charge is 0.743 e. The summed E-state index contributed by atoms with van der Waals surface area (Å²) < 4.78 is 56.1. The number of alkyl halides is 2. The summed E-state index contributed by atoms with van der Waals surface area (Å²) in [5, 5.41) is -4.10. The molecule has 0 aliphatic heterocycles. The Hall–Kier alpha value is 1.41. The van der Waals surface area contributed by atoms with Crippen LogP contribution in [0.5, 0.6) is 0 Å². The number of hydrogen-bond donors (Lipinski definition) is 0. The molecule has 3 nitrogen and oxygen atoms in total. The zero-order valence-electron chi connectivity index (χ0n) is 12.0. The van der Waals surface area contributed by atoms with Gasteiger partial charge in [0.05, 0.1) is 0 Å². The van der Waals surface area contributed by atoms with Gasteiger partial charge in [-0.15, -0.1) is 0 Å². The summed E-state index contributed by atoms with van der Waals surface area (Å²) in [4.78, 5) is 0. The van der Waals surface area contributed by atoms with E-state index in [0.29, 0.717) is 6.42 Å². The van der Waals surface area contributed by atoms with Crippen molar-refractivity contribution in [1.29, 1.82) is 0 Å². The molecule has 0 rings (SSSR count). The second-order valence-corrected chi connectivity index (χ2v) is 6.18. The third kappa shape index (κ3) is 11.7. The van der Waals surface area contributed by atoms with E-state index in [4.69, 9.17) is 0 Å². The molecule has 0 unspecified atom stereocenters. The Morgan fingerprint density at radius 3 is 1.63 bits per heavy atom. The first-order valence-electron chi connectivity index (χ1n) is 6.64. The topological polar surface area (TPSA) is 57.2 Å². The molecule has 0 amide bonds. The van der Waals surface area contributed by atoms with Gasteiger partial charge in [0.15, 0.2) is 10.1 Å². The van der Waals surface area contributed by atoms with E-state index in [9.17, 15) is 21.8 Å². The van der Waals surface area contributed by atoms with Crippen molar-refractivity contribution in [3.05, 3.63) is 0 Å². The molecule has 7 heteroatoms. The number of unbranched alkanes of at least 4 members (excludes halogenated alkanes) is 8. The Kier molecular flexibility index (Phi) is 14.3. The van der Waals surface area contributed by atoms with Gasteiger partial charge in [-0.25, -0.2) is 8.42 Å². The van der Waals surface area contributed by atoms with Crippen LogP contribution in [0.25, 0.3) is 0 Å². The Morgan fingerprint density at radius 1 is 0.895 bits per heavy atom. The van der Waals surface area contributed by atoms with Gasteiger partial charge in [0.1, 0.15) is 0 Å². The number of halogens is 2. The van der Waals surface area contributed by atoms with Gasteiger partial charge in [-0.2, -0.15) is 8.78 Å². The predicted octanol–water partition coefficient (Wildman–Crippen LogP) is 1.05. The Bertz CT molecular complexity index is 308. The number of hydrogen-bond acceptors (Lipinski definition) is 3. The van der Waals surface area contributed by atoms with Crippen molar-refractivity contribution >= 4 is 10.1 Å². The van der Waals surface area contributed by atoms with Crippen LogP contribution >= 0.6 is 0 Å². The van der Waals surface area contributed by atoms with E-state index in [-0.39, 0.29) is 57.8 Å². The van der Waals surface area contributed by atoms with Crippen LogP contribution in [0.1, 0.15) is 71.1 Å². The summed E-state index contributed by atoms with van der Waals surface area (Å²) in [6.07, 6.45) is 7.49. The van der Waals surface area contributed by atoms with Crippen LogP contribution in [0.3, 0.4) is 0 Å². The molecule has 0 atom stereocenters. The molecule has 0 aliphatic rings. The van der Waals surface area contributed by atoms with E-state index in [2.05, 4.69) is 6.92 Å². The van der Waals surface area contributed by atoms with E-state index >= 15 is 0 Å². The minimum atomic E-state index is -5.49. The molecule has 0 aliphatic carbocycles. The van der Waals surface area contributed by atoms with Gasteiger partial charge in [-0.05, 0) is 6.42 Å². The van der Waals surface area contributed by atoms with Crippen molar-refractivity contribution in [3.8, 4) is 0 Å². The van der Waals surface area contributed by atoms with Crippen LogP contribution in [-0.2, 0) is 10.1 Å². The van der Waals surface area contributed by atoms with Gasteiger partial charge in [0.25, 0.3) is 0 Å². The van der Waals surface area contributed by atoms with Crippen molar-refractivity contribution < 1.29 is 73.1 Å². The Morgan fingerprint density at radius 2 is 1.26 bits per heavy atom. The summed E-state index contributed by atoms with van der Waals surface area (Å²) in [7, 11) is -5.49. The zero-order valence-corrected chi connectivity index (χ0v) is 15.9. The van der Waals surface area contributed by atoms with Crippen LogP contribution in [0.2, 0.25) is 0 Å². The third-order valence-corrected chi connectivity index (χ3v) is 3.87. The molecule has 0 aromatic rings. The van der Waals surface area contributed by atoms with Gasteiger partial charge in [-0.1, -0.05) is 58.3 Å². The van der Waals surface area contributed by atoms with Gasteiger partial charge < -0.3 is 4.55 Å². The van der Waals surface area contributed by atoms with Crippen molar-refractivity contribution in [2.24, 2.45) is 0 Å². The maximum Gasteiger partial charge on any atom is 1.00 e. The SMILES string of the molecule is CCCCCCCCCCCC(F)(F)S(=O)(=O)[O-].[K+]. The first-order valence-corrected chi connectivity index (χ1v) is 8.05. The molecule has 110 valence electrons. The molecular formula is C12H23F2KO3S. The molecule has 0 aromatic heterocycles. The quantitative estimate of drug-likeness (QED) is 0.324. The van der Waals surface area contributed by atoms with Gasteiger partial charge in [0.2, 0.25) is 0 Å². The largest absolute Gasteiger partial charge is 1.00 e. The normalized spacial score (nSPS) is 12.2. The predicted molar refractivity (Wildman–Crippen MR) is 66.5 cm³/mol. The maximum absolute atomic E-state index is 12.7. The molecule has 0 saturated heterocycles. The maximum atomic E-state index is 12.7. The second kappa shape index (κ2) is 12.0. The van der Waals surface area contributed by atoms with E-state index in [1.165, 1.54) is 25.7 Å². The van der Waals surface area contributed by atoms with E-state index in [1.54, 1.807) is 0 Å². The second-order valence-electron chi connectivity index (χ2n) is 4.67. The minimum Gasteiger partial charge on any atom is -0.743 e. The van der Waals surface area contributed by atoms with Crippen LogP contribution in [0.15, 0.2) is 0 Å². The molecule has 0 heterocycles. The molecule has 0 bridgehead atoms. The summed E-state index contributed by atoms with van der Waals surface area (Å²) in [6.45, 7) is 2.14.